The number of phenolic OH excluding ortho intramolecular Hbond substituents is 1. The fourth-order valence-electron chi connectivity index (χ4n) is 1.25. The maximum absolute atomic E-state index is 11.7. The molecule has 0 unspecified atom stereocenters. The second-order valence-electron chi connectivity index (χ2n) is 4.77. The van der Waals surface area contributed by atoms with E-state index in [0.29, 0.717) is 5.56 Å². The van der Waals surface area contributed by atoms with E-state index in [1.165, 1.54) is 18.2 Å². The van der Waals surface area contributed by atoms with Crippen molar-refractivity contribution >= 4 is 12.0 Å². The highest BCUT2D eigenvalue weighted by Crippen LogP contribution is 2.16. The van der Waals surface area contributed by atoms with Crippen LogP contribution < -0.4 is 0 Å². The van der Waals surface area contributed by atoms with E-state index in [2.05, 4.69) is 0 Å². The molecule has 1 aromatic carbocycles. The highest BCUT2D eigenvalue weighted by molar-refractivity contribution is 5.98. The Bertz CT molecular complexity index is 519. The van der Waals surface area contributed by atoms with Crippen LogP contribution >= 0.6 is 0 Å². The number of ether oxygens (including phenoxy) is 1. The van der Waals surface area contributed by atoms with Crippen molar-refractivity contribution in [2.45, 2.75) is 26.4 Å². The number of carbonyl (C=O) groups excluding carboxylic acids is 1. The van der Waals surface area contributed by atoms with Gasteiger partial charge in [0.25, 0.3) is 0 Å². The van der Waals surface area contributed by atoms with E-state index in [9.17, 15) is 9.90 Å². The molecule has 94 valence electrons. The number of carbonyl (C=O) groups is 1. The van der Waals surface area contributed by atoms with Crippen molar-refractivity contribution in [1.82, 2.24) is 0 Å². The summed E-state index contributed by atoms with van der Waals surface area (Å²) in [6.45, 7) is 5.19. The molecule has 1 rings (SSSR count). The lowest BCUT2D eigenvalue weighted by Gasteiger charge is -2.18. The minimum Gasteiger partial charge on any atom is -0.508 e. The molecule has 18 heavy (non-hydrogen) atoms. The number of hydrogen-bond acceptors (Lipinski definition) is 4. The van der Waals surface area contributed by atoms with Gasteiger partial charge < -0.3 is 9.84 Å². The minimum atomic E-state index is -0.673. The summed E-state index contributed by atoms with van der Waals surface area (Å²) in [6.07, 6.45) is 1.38. The third-order valence-electron chi connectivity index (χ3n) is 1.92. The van der Waals surface area contributed by atoms with E-state index in [4.69, 9.17) is 10.00 Å². The summed E-state index contributed by atoms with van der Waals surface area (Å²) in [4.78, 5) is 11.7. The second kappa shape index (κ2) is 5.37. The smallest absolute Gasteiger partial charge is 0.349 e. The minimum absolute atomic E-state index is 0.0743. The van der Waals surface area contributed by atoms with Crippen LogP contribution in [-0.4, -0.2) is 16.7 Å². The topological polar surface area (TPSA) is 70.3 Å². The summed E-state index contributed by atoms with van der Waals surface area (Å²) in [5.74, 6) is -0.599. The number of hydrogen-bond donors (Lipinski definition) is 1. The van der Waals surface area contributed by atoms with Crippen LogP contribution in [-0.2, 0) is 9.53 Å². The summed E-state index contributed by atoms with van der Waals surface area (Å²) in [7, 11) is 0. The fraction of sp³-hybridized carbons (Fsp3) is 0.286. The SMILES string of the molecule is CC(C)(C)OC(=O)C(C#N)=Cc1cccc(O)c1. The first-order valence-corrected chi connectivity index (χ1v) is 5.46. The molecule has 0 radical (unpaired) electrons. The average Bonchev–Trinajstić information content (AvgIpc) is 2.23. The summed E-state index contributed by atoms with van der Waals surface area (Å²) >= 11 is 0. The zero-order valence-electron chi connectivity index (χ0n) is 10.6. The van der Waals surface area contributed by atoms with E-state index < -0.39 is 11.6 Å². The van der Waals surface area contributed by atoms with Crippen LogP contribution in [0, 0.1) is 11.3 Å². The van der Waals surface area contributed by atoms with Crippen LogP contribution in [0.5, 0.6) is 5.75 Å². The number of aromatic hydroxyl groups is 1. The Labute approximate surface area is 106 Å². The third kappa shape index (κ3) is 4.30. The van der Waals surface area contributed by atoms with Crippen molar-refractivity contribution in [2.75, 3.05) is 0 Å². The number of nitrogens with zero attached hydrogens (tertiary/aromatic N) is 1. The largest absolute Gasteiger partial charge is 0.508 e. The number of nitriles is 1. The van der Waals surface area contributed by atoms with E-state index in [1.807, 2.05) is 0 Å². The lowest BCUT2D eigenvalue weighted by atomic mass is 10.1. The number of rotatable bonds is 2. The first kappa shape index (κ1) is 13.8. The number of phenols is 1. The van der Waals surface area contributed by atoms with Crippen molar-refractivity contribution < 1.29 is 14.6 Å². The van der Waals surface area contributed by atoms with Crippen molar-refractivity contribution in [3.8, 4) is 11.8 Å². The first-order valence-electron chi connectivity index (χ1n) is 5.46. The quantitative estimate of drug-likeness (QED) is 0.494. The van der Waals surface area contributed by atoms with Crippen LogP contribution in [0.4, 0.5) is 0 Å². The van der Waals surface area contributed by atoms with Crippen molar-refractivity contribution in [2.24, 2.45) is 0 Å². The van der Waals surface area contributed by atoms with Crippen molar-refractivity contribution in [1.29, 1.82) is 5.26 Å². The Balaban J connectivity index is 2.97. The van der Waals surface area contributed by atoms with Gasteiger partial charge in [-0.3, -0.25) is 0 Å². The lowest BCUT2D eigenvalue weighted by Crippen LogP contribution is -2.24. The van der Waals surface area contributed by atoms with Crippen LogP contribution in [0.15, 0.2) is 29.8 Å². The number of esters is 1. The molecule has 0 saturated heterocycles. The monoisotopic (exact) mass is 245 g/mol. The first-order chi connectivity index (χ1) is 8.31. The fourth-order valence-corrected chi connectivity index (χ4v) is 1.25. The lowest BCUT2D eigenvalue weighted by molar-refractivity contribution is -0.149. The van der Waals surface area contributed by atoms with Crippen LogP contribution in [0.2, 0.25) is 0 Å². The molecule has 0 fully saturated rings. The summed E-state index contributed by atoms with van der Waals surface area (Å²) in [5, 5.41) is 18.2. The van der Waals surface area contributed by atoms with Crippen molar-refractivity contribution in [3.05, 3.63) is 35.4 Å². The van der Waals surface area contributed by atoms with Gasteiger partial charge in [-0.1, -0.05) is 12.1 Å². The van der Waals surface area contributed by atoms with Gasteiger partial charge in [0.15, 0.2) is 0 Å². The predicted molar refractivity (Wildman–Crippen MR) is 67.5 cm³/mol. The Morgan fingerprint density at radius 3 is 2.61 bits per heavy atom. The highest BCUT2D eigenvalue weighted by atomic mass is 16.6. The normalized spacial score (nSPS) is 11.8. The molecule has 4 heteroatoms. The van der Waals surface area contributed by atoms with Gasteiger partial charge in [-0.05, 0) is 44.5 Å². The van der Waals surface area contributed by atoms with Gasteiger partial charge in [-0.25, -0.2) is 4.79 Å². The van der Waals surface area contributed by atoms with E-state index >= 15 is 0 Å². The van der Waals surface area contributed by atoms with Gasteiger partial charge in [0.05, 0.1) is 0 Å². The van der Waals surface area contributed by atoms with Crippen molar-refractivity contribution in [3.63, 3.8) is 0 Å². The standard InChI is InChI=1S/C14H15NO3/c1-14(2,3)18-13(17)11(9-15)7-10-5-4-6-12(16)8-10/h4-8,16H,1-3H3. The Kier molecular flexibility index (Phi) is 4.11. The van der Waals surface area contributed by atoms with E-state index in [1.54, 1.807) is 39.0 Å². The second-order valence-corrected chi connectivity index (χ2v) is 4.77. The van der Waals surface area contributed by atoms with Gasteiger partial charge in [0, 0.05) is 0 Å². The molecule has 0 aliphatic rings. The van der Waals surface area contributed by atoms with Crippen LogP contribution in [0.25, 0.3) is 6.08 Å². The van der Waals surface area contributed by atoms with Crippen LogP contribution in [0.1, 0.15) is 26.3 Å². The molecule has 0 heterocycles. The third-order valence-corrected chi connectivity index (χ3v) is 1.92. The zero-order valence-corrected chi connectivity index (χ0v) is 10.6. The predicted octanol–water partition coefficient (Wildman–Crippen LogP) is 2.64. The molecular formula is C14H15NO3. The molecule has 1 aromatic rings. The molecule has 4 nitrogen and oxygen atoms in total. The average molecular weight is 245 g/mol. The molecule has 0 atom stereocenters. The van der Waals surface area contributed by atoms with Crippen LogP contribution in [0.3, 0.4) is 0 Å². The number of benzene rings is 1. The molecule has 0 bridgehead atoms. The summed E-state index contributed by atoms with van der Waals surface area (Å²) in [6, 6.07) is 8.08. The summed E-state index contributed by atoms with van der Waals surface area (Å²) < 4.78 is 5.10. The molecule has 1 N–H and O–H groups in total. The highest BCUT2D eigenvalue weighted by Gasteiger charge is 2.19. The summed E-state index contributed by atoms with van der Waals surface area (Å²) in [5.41, 5.74) is -0.181. The maximum Gasteiger partial charge on any atom is 0.349 e. The van der Waals surface area contributed by atoms with Gasteiger partial charge in [-0.15, -0.1) is 0 Å². The zero-order chi connectivity index (χ0) is 13.8. The van der Waals surface area contributed by atoms with Gasteiger partial charge in [0.1, 0.15) is 23.0 Å². The molecule has 0 saturated carbocycles. The Morgan fingerprint density at radius 2 is 2.11 bits per heavy atom. The molecule has 0 amide bonds. The molecule has 0 spiro atoms. The Morgan fingerprint density at radius 1 is 1.44 bits per heavy atom. The van der Waals surface area contributed by atoms with E-state index in [-0.39, 0.29) is 11.3 Å². The molecular weight excluding hydrogens is 230 g/mol. The maximum atomic E-state index is 11.7. The molecule has 0 aliphatic carbocycles. The molecule has 0 aliphatic heterocycles. The molecule has 0 aromatic heterocycles. The Hall–Kier alpha value is -2.28. The van der Waals surface area contributed by atoms with E-state index in [0.717, 1.165) is 0 Å². The van der Waals surface area contributed by atoms with Gasteiger partial charge in [0.2, 0.25) is 0 Å². The van der Waals surface area contributed by atoms with Gasteiger partial charge in [-0.2, -0.15) is 5.26 Å². The van der Waals surface area contributed by atoms with Gasteiger partial charge >= 0.3 is 5.97 Å².